The van der Waals surface area contributed by atoms with Crippen LogP contribution in [0.1, 0.15) is 12.5 Å². The van der Waals surface area contributed by atoms with Gasteiger partial charge in [-0.25, -0.2) is 4.79 Å². The lowest BCUT2D eigenvalue weighted by atomic mass is 10.2. The highest BCUT2D eigenvalue weighted by molar-refractivity contribution is 5.74. The maximum absolute atomic E-state index is 11.9. The standard InChI is InChI=1S/C15H18N4O3/c1-11(9-19-6-2-5-17-19)18-15(20)16-8-12-3-4-13-14(7-12)22-10-21-13/h2-7,11H,8-10H2,1H3,(H2,16,18,20)/t11-/m1/s1. The first-order valence-corrected chi connectivity index (χ1v) is 7.11. The van der Waals surface area contributed by atoms with Crippen molar-refractivity contribution in [3.63, 3.8) is 0 Å². The summed E-state index contributed by atoms with van der Waals surface area (Å²) in [6.07, 6.45) is 3.58. The van der Waals surface area contributed by atoms with Crippen molar-refractivity contribution in [3.05, 3.63) is 42.2 Å². The summed E-state index contributed by atoms with van der Waals surface area (Å²) in [6, 6.07) is 7.25. The number of nitrogens with zero attached hydrogens (tertiary/aromatic N) is 2. The van der Waals surface area contributed by atoms with Crippen molar-refractivity contribution < 1.29 is 14.3 Å². The molecule has 0 saturated heterocycles. The van der Waals surface area contributed by atoms with Gasteiger partial charge in [-0.3, -0.25) is 4.68 Å². The third-order valence-corrected chi connectivity index (χ3v) is 3.29. The van der Waals surface area contributed by atoms with Crippen LogP contribution in [0.4, 0.5) is 4.79 Å². The molecule has 22 heavy (non-hydrogen) atoms. The Labute approximate surface area is 128 Å². The minimum atomic E-state index is -0.211. The second-order valence-corrected chi connectivity index (χ2v) is 5.14. The van der Waals surface area contributed by atoms with Crippen molar-refractivity contribution in [2.75, 3.05) is 6.79 Å². The molecule has 0 bridgehead atoms. The predicted molar refractivity (Wildman–Crippen MR) is 79.6 cm³/mol. The van der Waals surface area contributed by atoms with Gasteiger partial charge in [-0.05, 0) is 30.7 Å². The quantitative estimate of drug-likeness (QED) is 0.877. The molecule has 7 nitrogen and oxygen atoms in total. The van der Waals surface area contributed by atoms with Gasteiger partial charge in [0.1, 0.15) is 0 Å². The number of carbonyl (C=O) groups excluding carboxylic acids is 1. The van der Waals surface area contributed by atoms with E-state index in [0.29, 0.717) is 18.8 Å². The Bertz CT molecular complexity index is 642. The number of rotatable bonds is 5. The molecule has 2 amide bonds. The molecule has 1 aliphatic heterocycles. The molecule has 3 rings (SSSR count). The zero-order valence-corrected chi connectivity index (χ0v) is 12.3. The maximum atomic E-state index is 11.9. The molecule has 1 aromatic carbocycles. The van der Waals surface area contributed by atoms with Gasteiger partial charge < -0.3 is 20.1 Å². The van der Waals surface area contributed by atoms with Gasteiger partial charge in [-0.2, -0.15) is 5.10 Å². The summed E-state index contributed by atoms with van der Waals surface area (Å²) < 4.78 is 12.3. The molecule has 2 N–H and O–H groups in total. The normalized spacial score (nSPS) is 13.7. The molecule has 7 heteroatoms. The van der Waals surface area contributed by atoms with Gasteiger partial charge in [0.05, 0.1) is 6.54 Å². The Morgan fingerprint density at radius 1 is 1.41 bits per heavy atom. The van der Waals surface area contributed by atoms with Crippen LogP contribution in [-0.2, 0) is 13.1 Å². The van der Waals surface area contributed by atoms with E-state index in [1.807, 2.05) is 37.4 Å². The van der Waals surface area contributed by atoms with Gasteiger partial charge in [0.25, 0.3) is 0 Å². The third-order valence-electron chi connectivity index (χ3n) is 3.29. The van der Waals surface area contributed by atoms with E-state index < -0.39 is 0 Å². The summed E-state index contributed by atoms with van der Waals surface area (Å²) in [5.74, 6) is 1.45. The summed E-state index contributed by atoms with van der Waals surface area (Å²) in [7, 11) is 0. The number of fused-ring (bicyclic) bond motifs is 1. The van der Waals surface area contributed by atoms with E-state index >= 15 is 0 Å². The molecule has 2 aromatic rings. The van der Waals surface area contributed by atoms with E-state index in [1.165, 1.54) is 0 Å². The van der Waals surface area contributed by atoms with Gasteiger partial charge in [-0.15, -0.1) is 0 Å². The number of benzene rings is 1. The molecule has 0 unspecified atom stereocenters. The molecule has 0 radical (unpaired) electrons. The van der Waals surface area contributed by atoms with Gasteiger partial charge >= 0.3 is 6.03 Å². The maximum Gasteiger partial charge on any atom is 0.315 e. The van der Waals surface area contributed by atoms with E-state index in [9.17, 15) is 4.79 Å². The van der Waals surface area contributed by atoms with Gasteiger partial charge in [0.2, 0.25) is 6.79 Å². The predicted octanol–water partition coefficient (Wildman–Crippen LogP) is 1.50. The number of hydrogen-bond acceptors (Lipinski definition) is 4. The van der Waals surface area contributed by atoms with Gasteiger partial charge in [0.15, 0.2) is 11.5 Å². The Kier molecular flexibility index (Phi) is 4.13. The fourth-order valence-corrected chi connectivity index (χ4v) is 2.24. The molecule has 1 aliphatic rings. The minimum Gasteiger partial charge on any atom is -0.454 e. The lowest BCUT2D eigenvalue weighted by molar-refractivity contribution is 0.174. The van der Waals surface area contributed by atoms with Crippen LogP contribution in [0.5, 0.6) is 11.5 Å². The van der Waals surface area contributed by atoms with Crippen LogP contribution >= 0.6 is 0 Å². The van der Waals surface area contributed by atoms with E-state index in [4.69, 9.17) is 9.47 Å². The molecule has 116 valence electrons. The van der Waals surface area contributed by atoms with Crippen LogP contribution in [0.3, 0.4) is 0 Å². The second kappa shape index (κ2) is 6.38. The highest BCUT2D eigenvalue weighted by Crippen LogP contribution is 2.32. The van der Waals surface area contributed by atoms with Crippen molar-refractivity contribution in [2.45, 2.75) is 26.1 Å². The number of hydrogen-bond donors (Lipinski definition) is 2. The summed E-state index contributed by atoms with van der Waals surface area (Å²) in [5.41, 5.74) is 0.958. The van der Waals surface area contributed by atoms with Crippen LogP contribution < -0.4 is 20.1 Å². The van der Waals surface area contributed by atoms with Gasteiger partial charge in [0, 0.05) is 25.0 Å². The zero-order valence-electron chi connectivity index (χ0n) is 12.3. The highest BCUT2D eigenvalue weighted by Gasteiger charge is 2.13. The zero-order chi connectivity index (χ0) is 15.4. The molecule has 1 atom stereocenters. The molecular formula is C15H18N4O3. The molecule has 1 aromatic heterocycles. The van der Waals surface area contributed by atoms with Gasteiger partial charge in [-0.1, -0.05) is 6.07 Å². The van der Waals surface area contributed by atoms with E-state index in [-0.39, 0.29) is 18.9 Å². The first kappa shape index (κ1) is 14.2. The number of amides is 2. The van der Waals surface area contributed by atoms with E-state index in [1.54, 1.807) is 10.9 Å². The van der Waals surface area contributed by atoms with Crippen LogP contribution in [0, 0.1) is 0 Å². The second-order valence-electron chi connectivity index (χ2n) is 5.14. The van der Waals surface area contributed by atoms with Crippen molar-refractivity contribution in [1.82, 2.24) is 20.4 Å². The Hall–Kier alpha value is -2.70. The molecule has 2 heterocycles. The van der Waals surface area contributed by atoms with Crippen LogP contribution in [-0.4, -0.2) is 28.6 Å². The Balaban J connectivity index is 1.46. The lowest BCUT2D eigenvalue weighted by Crippen LogP contribution is -2.42. The number of urea groups is 1. The number of aromatic nitrogens is 2. The van der Waals surface area contributed by atoms with Crippen LogP contribution in [0.25, 0.3) is 0 Å². The van der Waals surface area contributed by atoms with Crippen molar-refractivity contribution in [1.29, 1.82) is 0 Å². The summed E-state index contributed by atoms with van der Waals surface area (Å²) in [5, 5.41) is 9.81. The SMILES string of the molecule is C[C@H](Cn1cccn1)NC(=O)NCc1ccc2c(c1)OCO2. The lowest BCUT2D eigenvalue weighted by Gasteiger charge is -2.14. The Morgan fingerprint density at radius 2 is 2.27 bits per heavy atom. The Morgan fingerprint density at radius 3 is 3.09 bits per heavy atom. The molecule has 0 fully saturated rings. The first-order valence-electron chi connectivity index (χ1n) is 7.11. The minimum absolute atomic E-state index is 0.0170. The number of nitrogens with one attached hydrogen (secondary N) is 2. The average Bonchev–Trinajstić information content (AvgIpc) is 3.15. The van der Waals surface area contributed by atoms with Crippen molar-refractivity contribution >= 4 is 6.03 Å². The van der Waals surface area contributed by atoms with Crippen molar-refractivity contribution in [2.24, 2.45) is 0 Å². The van der Waals surface area contributed by atoms with Crippen molar-refractivity contribution in [3.8, 4) is 11.5 Å². The topological polar surface area (TPSA) is 77.4 Å². The molecule has 0 aliphatic carbocycles. The van der Waals surface area contributed by atoms with E-state index in [0.717, 1.165) is 11.3 Å². The third kappa shape index (κ3) is 3.49. The highest BCUT2D eigenvalue weighted by atomic mass is 16.7. The molecule has 0 spiro atoms. The average molecular weight is 302 g/mol. The monoisotopic (exact) mass is 302 g/mol. The smallest absolute Gasteiger partial charge is 0.315 e. The summed E-state index contributed by atoms with van der Waals surface area (Å²) in [4.78, 5) is 11.9. The fourth-order valence-electron chi connectivity index (χ4n) is 2.24. The fraction of sp³-hybridized carbons (Fsp3) is 0.333. The summed E-state index contributed by atoms with van der Waals surface area (Å²) in [6.45, 7) is 3.24. The largest absolute Gasteiger partial charge is 0.454 e. The van der Waals surface area contributed by atoms with Crippen LogP contribution in [0.15, 0.2) is 36.7 Å². The molecule has 0 saturated carbocycles. The molecular weight excluding hydrogens is 284 g/mol. The number of carbonyl (C=O) groups is 1. The summed E-state index contributed by atoms with van der Waals surface area (Å²) >= 11 is 0. The first-order chi connectivity index (χ1) is 10.7. The number of ether oxygens (including phenoxy) is 2. The van der Waals surface area contributed by atoms with E-state index in [2.05, 4.69) is 15.7 Å². The van der Waals surface area contributed by atoms with Crippen LogP contribution in [0.2, 0.25) is 0 Å².